The first kappa shape index (κ1) is 19.8. The summed E-state index contributed by atoms with van der Waals surface area (Å²) in [6, 6.07) is 19.1. The Labute approximate surface area is 166 Å². The summed E-state index contributed by atoms with van der Waals surface area (Å²) < 4.78 is 5.10. The second-order valence-corrected chi connectivity index (χ2v) is 6.32. The van der Waals surface area contributed by atoms with Gasteiger partial charge in [0.25, 0.3) is 11.6 Å². The highest BCUT2D eigenvalue weighted by Crippen LogP contribution is 2.19. The van der Waals surface area contributed by atoms with Gasteiger partial charge in [-0.3, -0.25) is 14.9 Å². The summed E-state index contributed by atoms with van der Waals surface area (Å²) in [5, 5.41) is 15.5. The molecule has 0 aliphatic carbocycles. The standard InChI is InChI=1S/C22H18N2O5/c1-15(22(26)23-19-11-10-17-6-2-3-7-18(17)14-19)29-21(25)12-9-16-5-4-8-20(13-16)24(27)28/h2-15H,1H3,(H,23,26)/b12-9+/t15-/m0/s1. The SMILES string of the molecule is C[C@H](OC(=O)/C=C/c1cccc([N+](=O)[O-])c1)C(=O)Nc1ccc2ccccc2c1. The number of carbonyl (C=O) groups is 2. The van der Waals surface area contributed by atoms with Gasteiger partial charge in [-0.05, 0) is 41.5 Å². The number of rotatable bonds is 6. The molecule has 0 unspecified atom stereocenters. The lowest BCUT2D eigenvalue weighted by atomic mass is 10.1. The lowest BCUT2D eigenvalue weighted by molar-refractivity contribution is -0.384. The number of non-ortho nitro benzene ring substituents is 1. The van der Waals surface area contributed by atoms with Crippen LogP contribution in [0.1, 0.15) is 12.5 Å². The molecule has 1 atom stereocenters. The van der Waals surface area contributed by atoms with Crippen LogP contribution in [0.25, 0.3) is 16.8 Å². The molecular weight excluding hydrogens is 372 g/mol. The Morgan fingerprint density at radius 2 is 1.79 bits per heavy atom. The molecule has 1 N–H and O–H groups in total. The fourth-order valence-electron chi connectivity index (χ4n) is 2.68. The van der Waals surface area contributed by atoms with Crippen LogP contribution in [0, 0.1) is 10.1 Å². The Kier molecular flexibility index (Phi) is 5.99. The van der Waals surface area contributed by atoms with Crippen LogP contribution in [-0.4, -0.2) is 22.9 Å². The Hall–Kier alpha value is -4.00. The van der Waals surface area contributed by atoms with Gasteiger partial charge in [-0.15, -0.1) is 0 Å². The average Bonchev–Trinajstić information content (AvgIpc) is 2.72. The van der Waals surface area contributed by atoms with E-state index in [-0.39, 0.29) is 5.69 Å². The molecular formula is C22H18N2O5. The molecule has 0 heterocycles. The Morgan fingerprint density at radius 1 is 1.03 bits per heavy atom. The number of anilines is 1. The van der Waals surface area contributed by atoms with Crippen molar-refractivity contribution in [3.63, 3.8) is 0 Å². The third-order valence-electron chi connectivity index (χ3n) is 4.17. The molecule has 7 heteroatoms. The third-order valence-corrected chi connectivity index (χ3v) is 4.17. The van der Waals surface area contributed by atoms with Crippen molar-refractivity contribution >= 4 is 40.1 Å². The fraction of sp³-hybridized carbons (Fsp3) is 0.0909. The van der Waals surface area contributed by atoms with Crippen molar-refractivity contribution in [2.75, 3.05) is 5.32 Å². The van der Waals surface area contributed by atoms with E-state index in [1.165, 1.54) is 31.2 Å². The largest absolute Gasteiger partial charge is 0.449 e. The van der Waals surface area contributed by atoms with Crippen molar-refractivity contribution in [3.8, 4) is 0 Å². The number of nitrogens with zero attached hydrogens (tertiary/aromatic N) is 1. The fourth-order valence-corrected chi connectivity index (χ4v) is 2.68. The van der Waals surface area contributed by atoms with Gasteiger partial charge in [0.15, 0.2) is 6.10 Å². The molecule has 0 bridgehead atoms. The molecule has 3 aromatic rings. The van der Waals surface area contributed by atoms with E-state index in [2.05, 4.69) is 5.32 Å². The minimum Gasteiger partial charge on any atom is -0.449 e. The molecule has 0 aliphatic heterocycles. The second kappa shape index (κ2) is 8.79. The number of esters is 1. The van der Waals surface area contributed by atoms with Gasteiger partial charge < -0.3 is 10.1 Å². The molecule has 3 aromatic carbocycles. The van der Waals surface area contributed by atoms with Crippen LogP contribution in [0.15, 0.2) is 72.8 Å². The predicted octanol–water partition coefficient (Wildman–Crippen LogP) is 4.33. The van der Waals surface area contributed by atoms with E-state index in [4.69, 9.17) is 4.74 Å². The average molecular weight is 390 g/mol. The van der Waals surface area contributed by atoms with Crippen molar-refractivity contribution in [2.24, 2.45) is 0 Å². The quantitative estimate of drug-likeness (QED) is 0.292. The smallest absolute Gasteiger partial charge is 0.331 e. The Morgan fingerprint density at radius 3 is 2.55 bits per heavy atom. The van der Waals surface area contributed by atoms with Gasteiger partial charge in [-0.2, -0.15) is 0 Å². The molecule has 0 spiro atoms. The van der Waals surface area contributed by atoms with Crippen LogP contribution in [0.5, 0.6) is 0 Å². The molecule has 0 fully saturated rings. The van der Waals surface area contributed by atoms with Crippen LogP contribution in [0.4, 0.5) is 11.4 Å². The summed E-state index contributed by atoms with van der Waals surface area (Å²) in [5.41, 5.74) is 0.997. The first-order chi connectivity index (χ1) is 13.9. The van der Waals surface area contributed by atoms with E-state index in [9.17, 15) is 19.7 Å². The van der Waals surface area contributed by atoms with Gasteiger partial charge in [-0.1, -0.05) is 42.5 Å². The normalized spacial score (nSPS) is 11.9. The highest BCUT2D eigenvalue weighted by molar-refractivity contribution is 5.98. The maximum absolute atomic E-state index is 12.3. The van der Waals surface area contributed by atoms with Crippen LogP contribution in [-0.2, 0) is 14.3 Å². The molecule has 0 radical (unpaired) electrons. The maximum Gasteiger partial charge on any atom is 0.331 e. The van der Waals surface area contributed by atoms with Gasteiger partial charge in [0.05, 0.1) is 4.92 Å². The van der Waals surface area contributed by atoms with Crippen molar-refractivity contribution in [2.45, 2.75) is 13.0 Å². The van der Waals surface area contributed by atoms with Gasteiger partial charge in [-0.25, -0.2) is 4.79 Å². The number of ether oxygens (including phenoxy) is 1. The summed E-state index contributed by atoms with van der Waals surface area (Å²) in [5.74, 6) is -1.19. The van der Waals surface area contributed by atoms with E-state index in [0.717, 1.165) is 16.8 Å². The topological polar surface area (TPSA) is 98.5 Å². The minimum atomic E-state index is -1.01. The number of hydrogen-bond donors (Lipinski definition) is 1. The molecule has 0 aliphatic rings. The Balaban J connectivity index is 1.59. The van der Waals surface area contributed by atoms with Crippen LogP contribution in [0.2, 0.25) is 0 Å². The second-order valence-electron chi connectivity index (χ2n) is 6.32. The van der Waals surface area contributed by atoms with Crippen LogP contribution < -0.4 is 5.32 Å². The van der Waals surface area contributed by atoms with Crippen molar-refractivity contribution in [3.05, 3.63) is 88.5 Å². The van der Waals surface area contributed by atoms with Gasteiger partial charge in [0.1, 0.15) is 0 Å². The van der Waals surface area contributed by atoms with E-state index in [1.54, 1.807) is 12.1 Å². The molecule has 0 saturated heterocycles. The minimum absolute atomic E-state index is 0.0800. The third kappa shape index (κ3) is 5.26. The number of hydrogen-bond acceptors (Lipinski definition) is 5. The molecule has 7 nitrogen and oxygen atoms in total. The number of fused-ring (bicyclic) bond motifs is 1. The lowest BCUT2D eigenvalue weighted by Crippen LogP contribution is -2.29. The zero-order valence-corrected chi connectivity index (χ0v) is 15.6. The van der Waals surface area contributed by atoms with E-state index < -0.39 is 22.9 Å². The highest BCUT2D eigenvalue weighted by Gasteiger charge is 2.17. The van der Waals surface area contributed by atoms with Crippen LogP contribution in [0.3, 0.4) is 0 Å². The molecule has 3 rings (SSSR count). The number of benzene rings is 3. The zero-order chi connectivity index (χ0) is 20.8. The van der Waals surface area contributed by atoms with Crippen LogP contribution >= 0.6 is 0 Å². The van der Waals surface area contributed by atoms with Gasteiger partial charge >= 0.3 is 5.97 Å². The summed E-state index contributed by atoms with van der Waals surface area (Å²) in [7, 11) is 0. The monoisotopic (exact) mass is 390 g/mol. The number of nitrogens with one attached hydrogen (secondary N) is 1. The first-order valence-electron chi connectivity index (χ1n) is 8.85. The van der Waals surface area contributed by atoms with Crippen molar-refractivity contribution < 1.29 is 19.2 Å². The van der Waals surface area contributed by atoms with Gasteiger partial charge in [0, 0.05) is 23.9 Å². The molecule has 0 saturated carbocycles. The highest BCUT2D eigenvalue weighted by atomic mass is 16.6. The summed E-state index contributed by atoms with van der Waals surface area (Å²) >= 11 is 0. The van der Waals surface area contributed by atoms with Crippen molar-refractivity contribution in [1.29, 1.82) is 0 Å². The first-order valence-corrected chi connectivity index (χ1v) is 8.85. The maximum atomic E-state index is 12.3. The summed E-state index contributed by atoms with van der Waals surface area (Å²) in [6.45, 7) is 1.47. The van der Waals surface area contributed by atoms with E-state index in [1.807, 2.05) is 36.4 Å². The number of carbonyl (C=O) groups excluding carboxylic acids is 2. The predicted molar refractivity (Wildman–Crippen MR) is 110 cm³/mol. The molecule has 1 amide bonds. The zero-order valence-electron chi connectivity index (χ0n) is 15.6. The number of nitro groups is 1. The van der Waals surface area contributed by atoms with Gasteiger partial charge in [0.2, 0.25) is 0 Å². The van der Waals surface area contributed by atoms with Crippen molar-refractivity contribution in [1.82, 2.24) is 0 Å². The molecule has 29 heavy (non-hydrogen) atoms. The van der Waals surface area contributed by atoms with E-state index in [0.29, 0.717) is 11.3 Å². The number of amides is 1. The molecule has 0 aromatic heterocycles. The summed E-state index contributed by atoms with van der Waals surface area (Å²) in [4.78, 5) is 34.5. The Bertz CT molecular complexity index is 1110. The number of nitro benzene ring substituents is 1. The van der Waals surface area contributed by atoms with E-state index >= 15 is 0 Å². The summed E-state index contributed by atoms with van der Waals surface area (Å²) in [6.07, 6.45) is 1.51. The lowest BCUT2D eigenvalue weighted by Gasteiger charge is -2.13. The molecule has 146 valence electrons.